The van der Waals surface area contributed by atoms with E-state index in [2.05, 4.69) is 20.3 Å². The van der Waals surface area contributed by atoms with Crippen molar-refractivity contribution in [1.29, 1.82) is 0 Å². The van der Waals surface area contributed by atoms with Gasteiger partial charge in [0.05, 0.1) is 0 Å². The summed E-state index contributed by atoms with van der Waals surface area (Å²) in [6.45, 7) is 1.94. The molecule has 4 rings (SSSR count). The van der Waals surface area contributed by atoms with Gasteiger partial charge in [0.1, 0.15) is 11.5 Å². The summed E-state index contributed by atoms with van der Waals surface area (Å²) in [6.07, 6.45) is 1.65. The molecule has 122 valence electrons. The molecule has 3 aromatic heterocycles. The maximum atomic E-state index is 12.4. The molecule has 6 nitrogen and oxygen atoms in total. The lowest BCUT2D eigenvalue weighted by Crippen LogP contribution is -2.13. The van der Waals surface area contributed by atoms with Gasteiger partial charge in [0.25, 0.3) is 5.91 Å². The molecule has 4 aromatic rings. The van der Waals surface area contributed by atoms with Gasteiger partial charge < -0.3 is 9.73 Å². The first-order chi connectivity index (χ1) is 12.2. The summed E-state index contributed by atoms with van der Waals surface area (Å²) in [5, 5.41) is 2.79. The number of hydrogen-bond donors (Lipinski definition) is 1. The molecule has 0 unspecified atom stereocenters. The molecule has 0 saturated carbocycles. The molecule has 1 N–H and O–H groups in total. The van der Waals surface area contributed by atoms with Crippen LogP contribution in [0.1, 0.15) is 15.9 Å². The van der Waals surface area contributed by atoms with Crippen LogP contribution in [0, 0.1) is 6.92 Å². The Hall–Kier alpha value is -3.54. The van der Waals surface area contributed by atoms with Crippen LogP contribution in [0.15, 0.2) is 65.2 Å². The van der Waals surface area contributed by atoms with Gasteiger partial charge in [0.15, 0.2) is 11.2 Å². The van der Waals surface area contributed by atoms with Crippen molar-refractivity contribution in [3.63, 3.8) is 0 Å². The first kappa shape index (κ1) is 15.0. The first-order valence-corrected chi connectivity index (χ1v) is 7.76. The summed E-state index contributed by atoms with van der Waals surface area (Å²) >= 11 is 0. The molecule has 0 aliphatic heterocycles. The standard InChI is InChI=1S/C19H14N4O2/c1-12-5-2-6-13(11-12)18(24)22-16-9-3-7-14(21-16)19-23-17-15(25-19)8-4-10-20-17/h2-11H,1H3,(H,21,22,24). The number of aryl methyl sites for hydroxylation is 1. The van der Waals surface area contributed by atoms with E-state index in [1.54, 1.807) is 42.6 Å². The second-order valence-corrected chi connectivity index (χ2v) is 5.58. The van der Waals surface area contributed by atoms with Crippen molar-refractivity contribution in [3.05, 3.63) is 71.9 Å². The SMILES string of the molecule is Cc1cccc(C(=O)Nc2cccc(-c3nc4ncccc4o3)n2)c1. The van der Waals surface area contributed by atoms with Gasteiger partial charge in [-0.3, -0.25) is 4.79 Å². The van der Waals surface area contributed by atoms with Gasteiger partial charge in [-0.2, -0.15) is 4.98 Å². The molecule has 25 heavy (non-hydrogen) atoms. The number of benzene rings is 1. The van der Waals surface area contributed by atoms with E-state index < -0.39 is 0 Å². The molecular weight excluding hydrogens is 316 g/mol. The van der Waals surface area contributed by atoms with Crippen LogP contribution in [0.5, 0.6) is 0 Å². The third-order valence-electron chi connectivity index (χ3n) is 3.66. The maximum absolute atomic E-state index is 12.4. The lowest BCUT2D eigenvalue weighted by Gasteiger charge is -2.06. The average molecular weight is 330 g/mol. The van der Waals surface area contributed by atoms with Crippen molar-refractivity contribution >= 4 is 23.0 Å². The molecule has 0 aliphatic carbocycles. The fourth-order valence-electron chi connectivity index (χ4n) is 2.48. The number of hydrogen-bond acceptors (Lipinski definition) is 5. The summed E-state index contributed by atoms with van der Waals surface area (Å²) in [4.78, 5) is 25.2. The Bertz CT molecular complexity index is 1040. The normalized spacial score (nSPS) is 10.8. The number of carbonyl (C=O) groups is 1. The van der Waals surface area contributed by atoms with Gasteiger partial charge >= 0.3 is 0 Å². The van der Waals surface area contributed by atoms with Crippen molar-refractivity contribution in [1.82, 2.24) is 15.0 Å². The van der Waals surface area contributed by atoms with Crippen LogP contribution in [0.2, 0.25) is 0 Å². The summed E-state index contributed by atoms with van der Waals surface area (Å²) in [5.74, 6) is 0.576. The van der Waals surface area contributed by atoms with Crippen LogP contribution in [-0.2, 0) is 0 Å². The molecule has 0 atom stereocenters. The van der Waals surface area contributed by atoms with E-state index in [1.807, 2.05) is 25.1 Å². The van der Waals surface area contributed by atoms with E-state index in [1.165, 1.54) is 0 Å². The highest BCUT2D eigenvalue weighted by Crippen LogP contribution is 2.22. The van der Waals surface area contributed by atoms with Crippen LogP contribution in [-0.4, -0.2) is 20.9 Å². The molecule has 0 bridgehead atoms. The quantitative estimate of drug-likeness (QED) is 0.617. The molecule has 0 saturated heterocycles. The monoisotopic (exact) mass is 330 g/mol. The Morgan fingerprint density at radius 3 is 2.76 bits per heavy atom. The fraction of sp³-hybridized carbons (Fsp3) is 0.0526. The number of nitrogens with one attached hydrogen (secondary N) is 1. The van der Waals surface area contributed by atoms with Gasteiger partial charge in [0.2, 0.25) is 5.89 Å². The summed E-state index contributed by atoms with van der Waals surface area (Å²) in [7, 11) is 0. The number of pyridine rings is 2. The Morgan fingerprint density at radius 2 is 1.92 bits per heavy atom. The summed E-state index contributed by atoms with van der Waals surface area (Å²) in [5.41, 5.74) is 3.24. The highest BCUT2D eigenvalue weighted by Gasteiger charge is 2.12. The first-order valence-electron chi connectivity index (χ1n) is 7.76. The Labute approximate surface area is 143 Å². The largest absolute Gasteiger partial charge is 0.433 e. The number of rotatable bonds is 3. The van der Waals surface area contributed by atoms with E-state index in [9.17, 15) is 4.79 Å². The van der Waals surface area contributed by atoms with Gasteiger partial charge in [-0.25, -0.2) is 9.97 Å². The predicted molar refractivity (Wildman–Crippen MR) is 94.2 cm³/mol. The van der Waals surface area contributed by atoms with Gasteiger partial charge in [-0.1, -0.05) is 23.8 Å². The Morgan fingerprint density at radius 1 is 1.04 bits per heavy atom. The summed E-state index contributed by atoms with van der Waals surface area (Å²) in [6, 6.07) is 16.2. The van der Waals surface area contributed by atoms with Crippen LogP contribution in [0.25, 0.3) is 22.8 Å². The van der Waals surface area contributed by atoms with Crippen molar-refractivity contribution in [3.8, 4) is 11.6 Å². The number of oxazole rings is 1. The Kier molecular flexibility index (Phi) is 3.70. The molecule has 0 aliphatic rings. The highest BCUT2D eigenvalue weighted by molar-refractivity contribution is 6.03. The fourth-order valence-corrected chi connectivity index (χ4v) is 2.48. The van der Waals surface area contributed by atoms with Gasteiger partial charge in [-0.05, 0) is 43.3 Å². The zero-order valence-electron chi connectivity index (χ0n) is 13.4. The predicted octanol–water partition coefficient (Wildman–Crippen LogP) is 3.85. The number of fused-ring (bicyclic) bond motifs is 1. The van der Waals surface area contributed by atoms with Crippen molar-refractivity contribution in [2.75, 3.05) is 5.32 Å². The van der Waals surface area contributed by atoms with E-state index in [0.717, 1.165) is 5.56 Å². The van der Waals surface area contributed by atoms with Crippen molar-refractivity contribution < 1.29 is 9.21 Å². The third kappa shape index (κ3) is 3.10. The Balaban J connectivity index is 1.62. The van der Waals surface area contributed by atoms with Crippen LogP contribution >= 0.6 is 0 Å². The third-order valence-corrected chi connectivity index (χ3v) is 3.66. The number of amides is 1. The number of nitrogens with zero attached hydrogens (tertiary/aromatic N) is 3. The molecule has 3 heterocycles. The molecule has 0 spiro atoms. The second kappa shape index (κ2) is 6.16. The van der Waals surface area contributed by atoms with E-state index >= 15 is 0 Å². The molecule has 0 radical (unpaired) electrons. The average Bonchev–Trinajstić information content (AvgIpc) is 3.06. The topological polar surface area (TPSA) is 80.9 Å². The maximum Gasteiger partial charge on any atom is 0.256 e. The van der Waals surface area contributed by atoms with Crippen LogP contribution in [0.3, 0.4) is 0 Å². The zero-order chi connectivity index (χ0) is 17.2. The molecule has 1 aromatic carbocycles. The molecular formula is C19H14N4O2. The lowest BCUT2D eigenvalue weighted by molar-refractivity contribution is 0.102. The number of anilines is 1. The molecule has 6 heteroatoms. The molecule has 0 fully saturated rings. The van der Waals surface area contributed by atoms with Gasteiger partial charge in [0, 0.05) is 11.8 Å². The minimum Gasteiger partial charge on any atom is -0.433 e. The summed E-state index contributed by atoms with van der Waals surface area (Å²) < 4.78 is 5.67. The second-order valence-electron chi connectivity index (χ2n) is 5.58. The minimum atomic E-state index is -0.215. The molecule has 1 amide bonds. The highest BCUT2D eigenvalue weighted by atomic mass is 16.3. The van der Waals surface area contributed by atoms with Gasteiger partial charge in [-0.15, -0.1) is 0 Å². The lowest BCUT2D eigenvalue weighted by atomic mass is 10.1. The van der Waals surface area contributed by atoms with Crippen molar-refractivity contribution in [2.45, 2.75) is 6.92 Å². The smallest absolute Gasteiger partial charge is 0.256 e. The zero-order valence-corrected chi connectivity index (χ0v) is 13.4. The van der Waals surface area contributed by atoms with Crippen LogP contribution < -0.4 is 5.32 Å². The van der Waals surface area contributed by atoms with Crippen LogP contribution in [0.4, 0.5) is 5.82 Å². The van der Waals surface area contributed by atoms with E-state index in [0.29, 0.717) is 34.2 Å². The number of aromatic nitrogens is 3. The van der Waals surface area contributed by atoms with E-state index in [4.69, 9.17) is 4.42 Å². The van der Waals surface area contributed by atoms with Crippen molar-refractivity contribution in [2.24, 2.45) is 0 Å². The number of carbonyl (C=O) groups excluding carboxylic acids is 1. The minimum absolute atomic E-state index is 0.215. The van der Waals surface area contributed by atoms with E-state index in [-0.39, 0.29) is 5.91 Å².